The molecule has 0 saturated heterocycles. The van der Waals surface area contributed by atoms with Gasteiger partial charge in [-0.05, 0) is 66.6 Å². The van der Waals surface area contributed by atoms with Gasteiger partial charge in [0.2, 0.25) is 0 Å². The van der Waals surface area contributed by atoms with Crippen molar-refractivity contribution in [2.24, 2.45) is 0 Å². The second-order valence-corrected chi connectivity index (χ2v) is 7.18. The van der Waals surface area contributed by atoms with Crippen molar-refractivity contribution < 1.29 is 4.79 Å². The Bertz CT molecular complexity index is 1310. The first-order valence-electron chi connectivity index (χ1n) is 9.73. The molecule has 0 aliphatic heterocycles. The van der Waals surface area contributed by atoms with Crippen molar-refractivity contribution in [3.63, 3.8) is 0 Å². The van der Waals surface area contributed by atoms with Gasteiger partial charge in [-0.25, -0.2) is 0 Å². The van der Waals surface area contributed by atoms with Crippen molar-refractivity contribution in [1.82, 2.24) is 4.57 Å². The first-order chi connectivity index (χ1) is 14.6. The van der Waals surface area contributed by atoms with Crippen LogP contribution < -0.4 is 5.32 Å². The summed E-state index contributed by atoms with van der Waals surface area (Å²) in [6.07, 6.45) is 1.65. The van der Waals surface area contributed by atoms with E-state index in [4.69, 9.17) is 0 Å². The summed E-state index contributed by atoms with van der Waals surface area (Å²) in [5.74, 6) is -0.419. The molecule has 4 rings (SSSR count). The average molecular weight is 391 g/mol. The van der Waals surface area contributed by atoms with E-state index in [1.54, 1.807) is 6.08 Å². The van der Waals surface area contributed by atoms with Crippen molar-refractivity contribution in [3.8, 4) is 11.8 Å². The number of nitriles is 1. The van der Waals surface area contributed by atoms with Gasteiger partial charge in [-0.1, -0.05) is 48.5 Å². The van der Waals surface area contributed by atoms with Gasteiger partial charge in [0, 0.05) is 22.8 Å². The standard InChI is InChI=1S/C26H21N3O/c1-18-14-22(19(2)29(18)25-10-4-3-5-11-25)15-23(17-27)26(30)28-24-13-12-20-8-6-7-9-21(20)16-24/h3-16H,1-2H3,(H,28,30)/b23-15-. The minimum atomic E-state index is -0.419. The largest absolute Gasteiger partial charge is 0.321 e. The van der Waals surface area contributed by atoms with Crippen LogP contribution in [-0.4, -0.2) is 10.5 Å². The van der Waals surface area contributed by atoms with Crippen LogP contribution in [0.25, 0.3) is 22.5 Å². The van der Waals surface area contributed by atoms with Crippen molar-refractivity contribution >= 4 is 28.4 Å². The highest BCUT2D eigenvalue weighted by atomic mass is 16.1. The zero-order valence-electron chi connectivity index (χ0n) is 16.9. The van der Waals surface area contributed by atoms with E-state index in [-0.39, 0.29) is 5.57 Å². The molecule has 3 aromatic carbocycles. The number of carbonyl (C=O) groups is 1. The van der Waals surface area contributed by atoms with Crippen LogP contribution in [0.1, 0.15) is 17.0 Å². The van der Waals surface area contributed by atoms with E-state index in [2.05, 4.69) is 9.88 Å². The molecule has 0 aliphatic carbocycles. The van der Waals surface area contributed by atoms with Crippen LogP contribution in [0.4, 0.5) is 5.69 Å². The highest BCUT2D eigenvalue weighted by Gasteiger charge is 2.14. The van der Waals surface area contributed by atoms with Gasteiger partial charge >= 0.3 is 0 Å². The number of hydrogen-bond acceptors (Lipinski definition) is 2. The van der Waals surface area contributed by atoms with Crippen LogP contribution in [0, 0.1) is 25.2 Å². The van der Waals surface area contributed by atoms with E-state index in [0.29, 0.717) is 5.69 Å². The highest BCUT2D eigenvalue weighted by molar-refractivity contribution is 6.10. The molecule has 4 aromatic rings. The van der Waals surface area contributed by atoms with E-state index in [0.717, 1.165) is 33.4 Å². The number of aryl methyl sites for hydroxylation is 1. The Hall–Kier alpha value is -4.10. The zero-order chi connectivity index (χ0) is 21.1. The number of rotatable bonds is 4. The lowest BCUT2D eigenvalue weighted by Gasteiger charge is -2.09. The molecule has 4 nitrogen and oxygen atoms in total. The Morgan fingerprint density at radius 3 is 2.37 bits per heavy atom. The van der Waals surface area contributed by atoms with Crippen LogP contribution in [0.3, 0.4) is 0 Å². The Balaban J connectivity index is 1.63. The first-order valence-corrected chi connectivity index (χ1v) is 9.73. The number of nitrogens with one attached hydrogen (secondary N) is 1. The second-order valence-electron chi connectivity index (χ2n) is 7.18. The number of amides is 1. The second kappa shape index (κ2) is 8.10. The fraction of sp³-hybridized carbons (Fsp3) is 0.0769. The molecule has 1 amide bonds. The van der Waals surface area contributed by atoms with Gasteiger partial charge in [0.1, 0.15) is 11.6 Å². The quantitative estimate of drug-likeness (QED) is 0.353. The molecule has 0 fully saturated rings. The molecule has 1 heterocycles. The fourth-order valence-corrected chi connectivity index (χ4v) is 3.68. The van der Waals surface area contributed by atoms with Gasteiger partial charge in [-0.3, -0.25) is 4.79 Å². The summed E-state index contributed by atoms with van der Waals surface area (Å²) < 4.78 is 2.11. The van der Waals surface area contributed by atoms with Gasteiger partial charge < -0.3 is 9.88 Å². The molecule has 0 saturated carbocycles. The van der Waals surface area contributed by atoms with E-state index in [1.165, 1.54) is 0 Å². The third-order valence-corrected chi connectivity index (χ3v) is 5.16. The fourth-order valence-electron chi connectivity index (χ4n) is 3.68. The van der Waals surface area contributed by atoms with Crippen molar-refractivity contribution in [2.45, 2.75) is 13.8 Å². The van der Waals surface area contributed by atoms with Crippen LogP contribution in [0.2, 0.25) is 0 Å². The summed E-state index contributed by atoms with van der Waals surface area (Å²) >= 11 is 0. The molecule has 30 heavy (non-hydrogen) atoms. The van der Waals surface area contributed by atoms with Gasteiger partial charge in [0.15, 0.2) is 0 Å². The van der Waals surface area contributed by atoms with Gasteiger partial charge in [0.25, 0.3) is 5.91 Å². The summed E-state index contributed by atoms with van der Waals surface area (Å²) in [6.45, 7) is 4.00. The Morgan fingerprint density at radius 2 is 1.63 bits per heavy atom. The summed E-state index contributed by atoms with van der Waals surface area (Å²) in [4.78, 5) is 12.7. The smallest absolute Gasteiger partial charge is 0.266 e. The van der Waals surface area contributed by atoms with Crippen LogP contribution in [0.15, 0.2) is 84.4 Å². The maximum absolute atomic E-state index is 12.7. The minimum Gasteiger partial charge on any atom is -0.321 e. The van der Waals surface area contributed by atoms with Crippen molar-refractivity contribution in [2.75, 3.05) is 5.32 Å². The molecule has 146 valence electrons. The van der Waals surface area contributed by atoms with Crippen molar-refractivity contribution in [1.29, 1.82) is 5.26 Å². The molecule has 0 atom stereocenters. The number of para-hydroxylation sites is 1. The van der Waals surface area contributed by atoms with Crippen LogP contribution >= 0.6 is 0 Å². The molecular weight excluding hydrogens is 370 g/mol. The molecular formula is C26H21N3O. The van der Waals surface area contributed by atoms with E-state index < -0.39 is 5.91 Å². The lowest BCUT2D eigenvalue weighted by Crippen LogP contribution is -2.13. The number of anilines is 1. The predicted molar refractivity (Wildman–Crippen MR) is 121 cm³/mol. The molecule has 4 heteroatoms. The van der Waals surface area contributed by atoms with Crippen LogP contribution in [0.5, 0.6) is 0 Å². The number of benzene rings is 3. The maximum Gasteiger partial charge on any atom is 0.266 e. The zero-order valence-corrected chi connectivity index (χ0v) is 16.9. The monoisotopic (exact) mass is 391 g/mol. The van der Waals surface area contributed by atoms with Crippen molar-refractivity contribution in [3.05, 3.63) is 101 Å². The summed E-state index contributed by atoms with van der Waals surface area (Å²) in [5, 5.41) is 14.6. The number of hydrogen-bond donors (Lipinski definition) is 1. The summed E-state index contributed by atoms with van der Waals surface area (Å²) in [5.41, 5.74) is 4.64. The van der Waals surface area contributed by atoms with Gasteiger partial charge in [-0.2, -0.15) is 5.26 Å². The Morgan fingerprint density at radius 1 is 0.933 bits per heavy atom. The predicted octanol–water partition coefficient (Wildman–Crippen LogP) is 5.79. The number of aromatic nitrogens is 1. The maximum atomic E-state index is 12.7. The summed E-state index contributed by atoms with van der Waals surface area (Å²) in [6, 6.07) is 27.7. The summed E-state index contributed by atoms with van der Waals surface area (Å²) in [7, 11) is 0. The van der Waals surface area contributed by atoms with E-state index >= 15 is 0 Å². The Labute approximate surface area is 175 Å². The molecule has 0 spiro atoms. The molecule has 1 N–H and O–H groups in total. The third kappa shape index (κ3) is 3.74. The number of fused-ring (bicyclic) bond motifs is 1. The molecule has 0 unspecified atom stereocenters. The van der Waals surface area contributed by atoms with E-state index in [1.807, 2.05) is 98.8 Å². The average Bonchev–Trinajstić information content (AvgIpc) is 3.05. The van der Waals surface area contributed by atoms with Crippen LogP contribution in [-0.2, 0) is 4.79 Å². The topological polar surface area (TPSA) is 57.8 Å². The SMILES string of the molecule is Cc1cc(/C=C(/C#N)C(=O)Nc2ccc3ccccc3c2)c(C)n1-c1ccccc1. The van der Waals surface area contributed by atoms with E-state index in [9.17, 15) is 10.1 Å². The molecule has 1 aromatic heterocycles. The Kier molecular flexibility index (Phi) is 5.19. The highest BCUT2D eigenvalue weighted by Crippen LogP contribution is 2.24. The normalized spacial score (nSPS) is 11.3. The lowest BCUT2D eigenvalue weighted by molar-refractivity contribution is -0.112. The first kappa shape index (κ1) is 19.2. The lowest BCUT2D eigenvalue weighted by atomic mass is 10.1. The number of nitrogens with zero attached hydrogens (tertiary/aromatic N) is 2. The molecule has 0 radical (unpaired) electrons. The minimum absolute atomic E-state index is 0.0662. The third-order valence-electron chi connectivity index (χ3n) is 5.16. The molecule has 0 aliphatic rings. The van der Waals surface area contributed by atoms with Gasteiger partial charge in [-0.15, -0.1) is 0 Å². The molecule has 0 bridgehead atoms. The van der Waals surface area contributed by atoms with Gasteiger partial charge in [0.05, 0.1) is 0 Å². The number of carbonyl (C=O) groups excluding carboxylic acids is 1.